The van der Waals surface area contributed by atoms with Crippen molar-refractivity contribution in [2.45, 2.75) is 13.3 Å². The van der Waals surface area contributed by atoms with E-state index in [1.54, 1.807) is 6.07 Å². The molecule has 0 unspecified atom stereocenters. The van der Waals surface area contributed by atoms with Gasteiger partial charge in [0.15, 0.2) is 17.3 Å². The van der Waals surface area contributed by atoms with Crippen molar-refractivity contribution < 1.29 is 23.8 Å². The number of hydrogen-bond acceptors (Lipinski definition) is 3. The van der Waals surface area contributed by atoms with E-state index in [-0.39, 0.29) is 17.9 Å². The van der Waals surface area contributed by atoms with Crippen molar-refractivity contribution in [1.29, 1.82) is 0 Å². The predicted octanol–water partition coefficient (Wildman–Crippen LogP) is 2.11. The number of aliphatic carboxylic acids is 1. The molecule has 0 saturated heterocycles. The first-order valence-electron chi connectivity index (χ1n) is 5.13. The van der Waals surface area contributed by atoms with E-state index in [1.165, 1.54) is 27.2 Å². The summed E-state index contributed by atoms with van der Waals surface area (Å²) in [6.07, 6.45) is 0.113. The van der Waals surface area contributed by atoms with Crippen LogP contribution in [0.1, 0.15) is 12.5 Å². The lowest BCUT2D eigenvalue weighted by atomic mass is 10.0. The van der Waals surface area contributed by atoms with Crippen molar-refractivity contribution >= 4 is 5.97 Å². The fourth-order valence-corrected chi connectivity index (χ4v) is 1.50. The summed E-state index contributed by atoms with van der Waals surface area (Å²) in [5.74, 6) is -1.89. The van der Waals surface area contributed by atoms with Gasteiger partial charge in [-0.15, -0.1) is 0 Å². The van der Waals surface area contributed by atoms with Gasteiger partial charge in [-0.25, -0.2) is 4.39 Å². The number of benzene rings is 1. The summed E-state index contributed by atoms with van der Waals surface area (Å²) < 4.78 is 23.8. The summed E-state index contributed by atoms with van der Waals surface area (Å²) in [7, 11) is 2.75. The van der Waals surface area contributed by atoms with Crippen LogP contribution < -0.4 is 9.47 Å². The second-order valence-electron chi connectivity index (χ2n) is 3.72. The molecule has 0 fully saturated rings. The van der Waals surface area contributed by atoms with Crippen LogP contribution >= 0.6 is 0 Å². The Kier molecular flexibility index (Phi) is 4.31. The molecule has 1 aromatic carbocycles. The second-order valence-corrected chi connectivity index (χ2v) is 3.72. The Morgan fingerprint density at radius 2 is 2.06 bits per heavy atom. The van der Waals surface area contributed by atoms with Gasteiger partial charge in [0.1, 0.15) is 0 Å². The zero-order chi connectivity index (χ0) is 13.0. The third-order valence-electron chi connectivity index (χ3n) is 2.51. The zero-order valence-corrected chi connectivity index (χ0v) is 9.99. The lowest BCUT2D eigenvalue weighted by Gasteiger charge is -2.13. The molecule has 17 heavy (non-hydrogen) atoms. The molecule has 0 radical (unpaired) electrons. The minimum atomic E-state index is -0.959. The smallest absolute Gasteiger partial charge is 0.306 e. The Labute approximate surface area is 99.0 Å². The normalized spacial score (nSPS) is 12.0. The van der Waals surface area contributed by atoms with E-state index in [9.17, 15) is 9.18 Å². The minimum Gasteiger partial charge on any atom is -0.493 e. The summed E-state index contributed by atoms with van der Waals surface area (Å²) in [5, 5.41) is 8.78. The van der Waals surface area contributed by atoms with E-state index in [0.29, 0.717) is 5.56 Å². The molecule has 1 rings (SSSR count). The van der Waals surface area contributed by atoms with Crippen LogP contribution in [0.25, 0.3) is 0 Å². The number of carbonyl (C=O) groups is 1. The molecule has 1 N–H and O–H groups in total. The molecule has 0 aliphatic carbocycles. The van der Waals surface area contributed by atoms with Crippen LogP contribution in [-0.2, 0) is 11.2 Å². The average molecular weight is 242 g/mol. The lowest BCUT2D eigenvalue weighted by Crippen LogP contribution is -2.13. The van der Waals surface area contributed by atoms with E-state index in [0.717, 1.165) is 0 Å². The fraction of sp³-hybridized carbons (Fsp3) is 0.417. The fourth-order valence-electron chi connectivity index (χ4n) is 1.50. The molecule has 0 spiro atoms. The molecule has 1 aromatic rings. The van der Waals surface area contributed by atoms with E-state index in [1.807, 2.05) is 0 Å². The Bertz CT molecular complexity index is 417. The highest BCUT2D eigenvalue weighted by Gasteiger charge is 2.19. The van der Waals surface area contributed by atoms with Gasteiger partial charge in [0.05, 0.1) is 20.1 Å². The van der Waals surface area contributed by atoms with Crippen LogP contribution in [0.5, 0.6) is 11.5 Å². The molecule has 0 heterocycles. The predicted molar refractivity (Wildman–Crippen MR) is 60.0 cm³/mol. The number of carboxylic acids is 1. The van der Waals surface area contributed by atoms with Crippen molar-refractivity contribution in [3.63, 3.8) is 0 Å². The number of methoxy groups -OCH3 is 2. The van der Waals surface area contributed by atoms with Gasteiger partial charge in [-0.05, 0) is 18.1 Å². The van der Waals surface area contributed by atoms with Gasteiger partial charge in [0.25, 0.3) is 0 Å². The summed E-state index contributed by atoms with van der Waals surface area (Å²) >= 11 is 0. The standard InChI is InChI=1S/C12H15FO4/c1-7(12(14)15)6-8-4-5-9(16-2)11(17-3)10(8)13/h4-5,7H,6H2,1-3H3,(H,14,15)/t7-/m0/s1. The van der Waals surface area contributed by atoms with Crippen LogP contribution in [-0.4, -0.2) is 25.3 Å². The van der Waals surface area contributed by atoms with Crippen molar-refractivity contribution in [3.8, 4) is 11.5 Å². The van der Waals surface area contributed by atoms with Gasteiger partial charge in [-0.1, -0.05) is 13.0 Å². The highest BCUT2D eigenvalue weighted by atomic mass is 19.1. The summed E-state index contributed by atoms with van der Waals surface area (Å²) in [6.45, 7) is 1.53. The Balaban J connectivity index is 3.06. The first-order valence-corrected chi connectivity index (χ1v) is 5.13. The zero-order valence-electron chi connectivity index (χ0n) is 9.99. The highest BCUT2D eigenvalue weighted by molar-refractivity contribution is 5.70. The number of halogens is 1. The maximum atomic E-state index is 13.9. The van der Waals surface area contributed by atoms with Crippen LogP contribution in [0, 0.1) is 11.7 Å². The maximum Gasteiger partial charge on any atom is 0.306 e. The largest absolute Gasteiger partial charge is 0.493 e. The van der Waals surface area contributed by atoms with Crippen molar-refractivity contribution in [2.24, 2.45) is 5.92 Å². The number of ether oxygens (including phenoxy) is 2. The van der Waals surface area contributed by atoms with Gasteiger partial charge >= 0.3 is 5.97 Å². The monoisotopic (exact) mass is 242 g/mol. The molecule has 5 heteroatoms. The van der Waals surface area contributed by atoms with Crippen molar-refractivity contribution in [1.82, 2.24) is 0 Å². The summed E-state index contributed by atoms with van der Waals surface area (Å²) in [4.78, 5) is 10.7. The number of carboxylic acid groups (broad SMARTS) is 1. The van der Waals surface area contributed by atoms with Gasteiger partial charge in [0.2, 0.25) is 0 Å². The molecule has 4 nitrogen and oxygen atoms in total. The van der Waals surface area contributed by atoms with Gasteiger partial charge in [-0.3, -0.25) is 4.79 Å². The molecular formula is C12H15FO4. The van der Waals surface area contributed by atoms with E-state index >= 15 is 0 Å². The molecule has 0 bridgehead atoms. The molecule has 0 aliphatic heterocycles. The summed E-state index contributed by atoms with van der Waals surface area (Å²) in [5.41, 5.74) is 0.303. The minimum absolute atomic E-state index is 0.00240. The average Bonchev–Trinajstić information content (AvgIpc) is 2.31. The Hall–Kier alpha value is -1.78. The number of rotatable bonds is 5. The third-order valence-corrected chi connectivity index (χ3v) is 2.51. The molecule has 0 aliphatic rings. The van der Waals surface area contributed by atoms with Crippen molar-refractivity contribution in [2.75, 3.05) is 14.2 Å². The molecule has 94 valence electrons. The van der Waals surface area contributed by atoms with Gasteiger partial charge in [-0.2, -0.15) is 0 Å². The van der Waals surface area contributed by atoms with Gasteiger partial charge < -0.3 is 14.6 Å². The maximum absolute atomic E-state index is 13.9. The Morgan fingerprint density at radius 1 is 1.41 bits per heavy atom. The molecule has 0 saturated carbocycles. The molecule has 0 amide bonds. The van der Waals surface area contributed by atoms with Crippen LogP contribution in [0.15, 0.2) is 12.1 Å². The summed E-state index contributed by atoms with van der Waals surface area (Å²) in [6, 6.07) is 3.07. The SMILES string of the molecule is COc1ccc(C[C@H](C)C(=O)O)c(F)c1OC. The molecular weight excluding hydrogens is 227 g/mol. The van der Waals surface area contributed by atoms with E-state index < -0.39 is 17.7 Å². The molecule has 1 atom stereocenters. The van der Waals surface area contributed by atoms with Crippen LogP contribution in [0.3, 0.4) is 0 Å². The van der Waals surface area contributed by atoms with Gasteiger partial charge in [0, 0.05) is 0 Å². The first kappa shape index (κ1) is 13.3. The highest BCUT2D eigenvalue weighted by Crippen LogP contribution is 2.32. The van der Waals surface area contributed by atoms with Crippen LogP contribution in [0.2, 0.25) is 0 Å². The topological polar surface area (TPSA) is 55.8 Å². The number of hydrogen-bond donors (Lipinski definition) is 1. The first-order chi connectivity index (χ1) is 8.01. The second kappa shape index (κ2) is 5.52. The van der Waals surface area contributed by atoms with E-state index in [4.69, 9.17) is 14.6 Å². The van der Waals surface area contributed by atoms with E-state index in [2.05, 4.69) is 0 Å². The van der Waals surface area contributed by atoms with Crippen molar-refractivity contribution in [3.05, 3.63) is 23.5 Å². The lowest BCUT2D eigenvalue weighted by molar-refractivity contribution is -0.141. The quantitative estimate of drug-likeness (QED) is 0.859. The van der Waals surface area contributed by atoms with Crippen LogP contribution in [0.4, 0.5) is 4.39 Å². The molecule has 0 aromatic heterocycles. The Morgan fingerprint density at radius 3 is 2.53 bits per heavy atom. The third kappa shape index (κ3) is 2.87.